The minimum Gasteiger partial charge on any atom is -0.393 e. The van der Waals surface area contributed by atoms with Crippen LogP contribution in [0.2, 0.25) is 5.02 Å². The number of aromatic nitrogens is 1. The molecule has 0 spiro atoms. The highest BCUT2D eigenvalue weighted by Crippen LogP contribution is 2.33. The maximum atomic E-state index is 12.8. The second-order valence-corrected chi connectivity index (χ2v) is 7.50. The quantitative estimate of drug-likeness (QED) is 0.878. The van der Waals surface area contributed by atoms with Crippen LogP contribution in [0.5, 0.6) is 0 Å². The number of fused-ring (bicyclic) bond motifs is 1. The van der Waals surface area contributed by atoms with Gasteiger partial charge < -0.3 is 19.7 Å². The summed E-state index contributed by atoms with van der Waals surface area (Å²) in [5.74, 6) is 0.0106. The number of hydrogen-bond acceptors (Lipinski definition) is 3. The number of halogens is 1. The minimum absolute atomic E-state index is 0.130. The van der Waals surface area contributed by atoms with Crippen molar-refractivity contribution in [2.75, 3.05) is 19.8 Å². The summed E-state index contributed by atoms with van der Waals surface area (Å²) in [6.45, 7) is 1.82. The third-order valence-corrected chi connectivity index (χ3v) is 5.77. The molecule has 1 aliphatic heterocycles. The Balaban J connectivity index is 1.58. The van der Waals surface area contributed by atoms with E-state index < -0.39 is 0 Å². The number of amides is 1. The van der Waals surface area contributed by atoms with E-state index in [2.05, 4.69) is 9.88 Å². The van der Waals surface area contributed by atoms with Crippen LogP contribution in [0.15, 0.2) is 24.4 Å². The Morgan fingerprint density at radius 2 is 2.12 bits per heavy atom. The van der Waals surface area contributed by atoms with Crippen molar-refractivity contribution >= 4 is 28.4 Å². The summed E-state index contributed by atoms with van der Waals surface area (Å²) < 4.78 is 7.39. The van der Waals surface area contributed by atoms with Gasteiger partial charge in [-0.3, -0.25) is 4.79 Å². The van der Waals surface area contributed by atoms with Crippen LogP contribution in [0.25, 0.3) is 10.9 Å². The molecular weight excluding hydrogens is 340 g/mol. The van der Waals surface area contributed by atoms with E-state index in [1.165, 1.54) is 0 Å². The van der Waals surface area contributed by atoms with Gasteiger partial charge in [0.1, 0.15) is 0 Å². The highest BCUT2D eigenvalue weighted by atomic mass is 35.5. The monoisotopic (exact) mass is 362 g/mol. The fraction of sp³-hybridized carbons (Fsp3) is 0.526. The molecule has 1 aromatic heterocycles. The Kier molecular flexibility index (Phi) is 4.71. The SMILES string of the molecule is O=C(NC[C@@H]1CCCC[C@H]1O)c1cn(C2COC2)c2cccc(Cl)c12. The molecular formula is C19H23ClN2O3. The molecule has 0 bridgehead atoms. The summed E-state index contributed by atoms with van der Waals surface area (Å²) >= 11 is 6.39. The molecule has 2 aliphatic rings. The molecule has 2 atom stereocenters. The molecule has 1 aromatic carbocycles. The third-order valence-electron chi connectivity index (χ3n) is 5.46. The molecule has 134 valence electrons. The van der Waals surface area contributed by atoms with E-state index in [9.17, 15) is 9.90 Å². The molecule has 1 saturated heterocycles. The molecule has 5 nitrogen and oxygen atoms in total. The maximum absolute atomic E-state index is 12.8. The Bertz CT molecular complexity index is 784. The minimum atomic E-state index is -0.314. The first-order valence-corrected chi connectivity index (χ1v) is 9.36. The highest BCUT2D eigenvalue weighted by Gasteiger charge is 2.27. The van der Waals surface area contributed by atoms with Gasteiger partial charge in [-0.15, -0.1) is 0 Å². The molecule has 2 aromatic rings. The standard InChI is InChI=1S/C19H23ClN2O3/c20-15-5-3-6-16-18(15)14(9-22(16)13-10-25-11-13)19(24)21-8-12-4-1-2-7-17(12)23/h3,5-6,9,12-13,17,23H,1-2,4,7-8,10-11H2,(H,21,24)/t12-,17+/m0/s1. The number of aliphatic hydroxyl groups is 1. The predicted octanol–water partition coefficient (Wildman–Crippen LogP) is 3.15. The lowest BCUT2D eigenvalue weighted by atomic mass is 9.86. The van der Waals surface area contributed by atoms with Crippen molar-refractivity contribution in [3.8, 4) is 0 Å². The molecule has 2 fully saturated rings. The Hall–Kier alpha value is -1.56. The third kappa shape index (κ3) is 3.16. The Labute approximate surface area is 151 Å². The molecule has 2 N–H and O–H groups in total. The topological polar surface area (TPSA) is 63.5 Å². The number of benzene rings is 1. The van der Waals surface area contributed by atoms with Crippen molar-refractivity contribution in [2.45, 2.75) is 37.8 Å². The van der Waals surface area contributed by atoms with Gasteiger partial charge in [0.15, 0.2) is 0 Å². The summed E-state index contributed by atoms with van der Waals surface area (Å²) in [4.78, 5) is 12.8. The summed E-state index contributed by atoms with van der Waals surface area (Å²) in [5, 5.41) is 14.5. The van der Waals surface area contributed by atoms with Gasteiger partial charge in [-0.25, -0.2) is 0 Å². The average molecular weight is 363 g/mol. The van der Waals surface area contributed by atoms with Gasteiger partial charge in [-0.2, -0.15) is 0 Å². The van der Waals surface area contributed by atoms with Crippen LogP contribution in [0.4, 0.5) is 0 Å². The molecule has 0 unspecified atom stereocenters. The van der Waals surface area contributed by atoms with Gasteiger partial charge in [0, 0.05) is 24.0 Å². The lowest BCUT2D eigenvalue weighted by molar-refractivity contribution is -0.0214. The van der Waals surface area contributed by atoms with Crippen LogP contribution < -0.4 is 5.32 Å². The number of ether oxygens (including phenoxy) is 1. The summed E-state index contributed by atoms with van der Waals surface area (Å²) in [6, 6.07) is 5.96. The highest BCUT2D eigenvalue weighted by molar-refractivity contribution is 6.36. The molecule has 1 saturated carbocycles. The molecule has 2 heterocycles. The molecule has 1 amide bonds. The number of carbonyl (C=O) groups excluding carboxylic acids is 1. The van der Waals surface area contributed by atoms with Gasteiger partial charge in [-0.1, -0.05) is 30.5 Å². The normalized spacial score (nSPS) is 24.2. The van der Waals surface area contributed by atoms with Crippen molar-refractivity contribution < 1.29 is 14.6 Å². The van der Waals surface area contributed by atoms with Crippen LogP contribution in [0.1, 0.15) is 42.1 Å². The van der Waals surface area contributed by atoms with E-state index in [1.807, 2.05) is 24.4 Å². The molecule has 4 rings (SSSR count). The molecule has 25 heavy (non-hydrogen) atoms. The van der Waals surface area contributed by atoms with Crippen LogP contribution >= 0.6 is 11.6 Å². The second-order valence-electron chi connectivity index (χ2n) is 7.10. The summed E-state index contributed by atoms with van der Waals surface area (Å²) in [5.41, 5.74) is 1.56. The molecule has 0 radical (unpaired) electrons. The van der Waals surface area contributed by atoms with E-state index in [-0.39, 0.29) is 24.0 Å². The fourth-order valence-corrected chi connectivity index (χ4v) is 4.14. The van der Waals surface area contributed by atoms with E-state index >= 15 is 0 Å². The van der Waals surface area contributed by atoms with Crippen molar-refractivity contribution in [1.82, 2.24) is 9.88 Å². The van der Waals surface area contributed by atoms with Gasteiger partial charge >= 0.3 is 0 Å². The molecule has 6 heteroatoms. The zero-order valence-electron chi connectivity index (χ0n) is 14.1. The van der Waals surface area contributed by atoms with Crippen molar-refractivity contribution in [2.24, 2.45) is 5.92 Å². The van der Waals surface area contributed by atoms with E-state index in [1.54, 1.807) is 0 Å². The molecule has 1 aliphatic carbocycles. The number of nitrogens with one attached hydrogen (secondary N) is 1. The van der Waals surface area contributed by atoms with Crippen molar-refractivity contribution in [3.05, 3.63) is 35.0 Å². The van der Waals surface area contributed by atoms with E-state index in [4.69, 9.17) is 16.3 Å². The first-order valence-electron chi connectivity index (χ1n) is 8.98. The zero-order valence-corrected chi connectivity index (χ0v) is 14.8. The lowest BCUT2D eigenvalue weighted by Crippen LogP contribution is -2.36. The van der Waals surface area contributed by atoms with E-state index in [0.29, 0.717) is 30.3 Å². The zero-order chi connectivity index (χ0) is 17.4. The Morgan fingerprint density at radius 3 is 2.84 bits per heavy atom. The van der Waals surface area contributed by atoms with Crippen LogP contribution in [0.3, 0.4) is 0 Å². The predicted molar refractivity (Wildman–Crippen MR) is 97.1 cm³/mol. The Morgan fingerprint density at radius 1 is 1.32 bits per heavy atom. The average Bonchev–Trinajstić information content (AvgIpc) is 2.93. The van der Waals surface area contributed by atoms with Gasteiger partial charge in [0.25, 0.3) is 5.91 Å². The smallest absolute Gasteiger partial charge is 0.253 e. The van der Waals surface area contributed by atoms with Crippen LogP contribution in [-0.2, 0) is 4.74 Å². The fourth-order valence-electron chi connectivity index (χ4n) is 3.87. The maximum Gasteiger partial charge on any atom is 0.253 e. The second kappa shape index (κ2) is 6.98. The van der Waals surface area contributed by atoms with Crippen molar-refractivity contribution in [1.29, 1.82) is 0 Å². The van der Waals surface area contributed by atoms with E-state index in [0.717, 1.165) is 36.6 Å². The summed E-state index contributed by atoms with van der Waals surface area (Å²) in [7, 11) is 0. The number of carbonyl (C=O) groups is 1. The van der Waals surface area contributed by atoms with Gasteiger partial charge in [-0.05, 0) is 25.0 Å². The largest absolute Gasteiger partial charge is 0.393 e. The summed E-state index contributed by atoms with van der Waals surface area (Å²) in [6.07, 6.45) is 5.54. The van der Waals surface area contributed by atoms with Crippen LogP contribution in [-0.4, -0.2) is 41.4 Å². The first kappa shape index (κ1) is 16.9. The van der Waals surface area contributed by atoms with Crippen LogP contribution in [0, 0.1) is 5.92 Å². The van der Waals surface area contributed by atoms with Crippen molar-refractivity contribution in [3.63, 3.8) is 0 Å². The number of aliphatic hydroxyl groups excluding tert-OH is 1. The number of nitrogens with zero attached hydrogens (tertiary/aromatic N) is 1. The number of hydrogen-bond donors (Lipinski definition) is 2. The van der Waals surface area contributed by atoms with Gasteiger partial charge in [0.05, 0.1) is 41.5 Å². The van der Waals surface area contributed by atoms with Gasteiger partial charge in [0.2, 0.25) is 0 Å². The number of rotatable bonds is 4. The lowest BCUT2D eigenvalue weighted by Gasteiger charge is -2.28. The first-order chi connectivity index (χ1) is 12.1.